The lowest BCUT2D eigenvalue weighted by Crippen LogP contribution is -2.30. The highest BCUT2D eigenvalue weighted by Gasteiger charge is 2.12. The van der Waals surface area contributed by atoms with Gasteiger partial charge in [0, 0.05) is 11.2 Å². The van der Waals surface area contributed by atoms with Crippen molar-refractivity contribution in [3.63, 3.8) is 0 Å². The van der Waals surface area contributed by atoms with Gasteiger partial charge >= 0.3 is 0 Å². The molecular weight excluding hydrogens is 406 g/mol. The van der Waals surface area contributed by atoms with E-state index in [1.807, 2.05) is 6.07 Å². The maximum absolute atomic E-state index is 12.7. The van der Waals surface area contributed by atoms with Gasteiger partial charge in [-0.3, -0.25) is 9.59 Å². The van der Waals surface area contributed by atoms with Crippen LogP contribution in [0.5, 0.6) is 11.5 Å². The molecule has 0 fully saturated rings. The summed E-state index contributed by atoms with van der Waals surface area (Å²) in [5, 5.41) is 14.2. The maximum Gasteiger partial charge on any atom is 0.276 e. The molecule has 0 aliphatic rings. The highest BCUT2D eigenvalue weighted by atomic mass is 35.5. The van der Waals surface area contributed by atoms with Crippen LogP contribution in [-0.2, 0) is 6.54 Å². The molecule has 0 aliphatic carbocycles. The van der Waals surface area contributed by atoms with Gasteiger partial charge in [0.25, 0.3) is 11.5 Å². The lowest BCUT2D eigenvalue weighted by atomic mass is 10.2. The van der Waals surface area contributed by atoms with Gasteiger partial charge in [0.2, 0.25) is 0 Å². The molecule has 30 heavy (non-hydrogen) atoms. The first kappa shape index (κ1) is 21.1. The largest absolute Gasteiger partial charge is 0.504 e. The predicted molar refractivity (Wildman–Crippen MR) is 116 cm³/mol. The molecule has 0 unspecified atom stereocenters. The Bertz CT molecular complexity index is 1140. The molecule has 0 saturated heterocycles. The number of nitrogens with zero attached hydrogens (tertiary/aromatic N) is 2. The number of phenolic OH excluding ortho intramolecular Hbond substituents is 1. The van der Waals surface area contributed by atoms with Crippen LogP contribution in [0.15, 0.2) is 70.7 Å². The summed E-state index contributed by atoms with van der Waals surface area (Å²) in [7, 11) is 0. The number of nitrogens with one attached hydrogen (secondary N) is 1. The third kappa shape index (κ3) is 5.27. The fourth-order valence-corrected chi connectivity index (χ4v) is 2.99. The van der Waals surface area contributed by atoms with E-state index in [4.69, 9.17) is 16.3 Å². The molecule has 0 atom stereocenters. The lowest BCUT2D eigenvalue weighted by Gasteiger charge is -2.08. The molecule has 0 bridgehead atoms. The van der Waals surface area contributed by atoms with Gasteiger partial charge < -0.3 is 14.4 Å². The van der Waals surface area contributed by atoms with Crippen molar-refractivity contribution >= 4 is 23.7 Å². The SMILES string of the molecule is CCOc1cc(/C=N\NC(=O)c2cccn(Cc3cccc(Cl)c3)c2=O)ccc1O. The van der Waals surface area contributed by atoms with Crippen molar-refractivity contribution < 1.29 is 14.6 Å². The quantitative estimate of drug-likeness (QED) is 0.448. The fourth-order valence-electron chi connectivity index (χ4n) is 2.77. The van der Waals surface area contributed by atoms with Gasteiger partial charge in [0.05, 0.1) is 19.4 Å². The summed E-state index contributed by atoms with van der Waals surface area (Å²) in [4.78, 5) is 25.1. The first-order chi connectivity index (χ1) is 14.5. The number of hydrazone groups is 1. The fraction of sp³-hybridized carbons (Fsp3) is 0.136. The number of carbonyl (C=O) groups excluding carboxylic acids is 1. The molecule has 2 N–H and O–H groups in total. The summed E-state index contributed by atoms with van der Waals surface area (Å²) in [6.45, 7) is 2.50. The third-order valence-corrected chi connectivity index (χ3v) is 4.41. The van der Waals surface area contributed by atoms with Crippen molar-refractivity contribution in [2.45, 2.75) is 13.5 Å². The molecule has 154 valence electrons. The van der Waals surface area contributed by atoms with Crippen LogP contribution in [0.25, 0.3) is 0 Å². The van der Waals surface area contributed by atoms with E-state index < -0.39 is 11.5 Å². The average Bonchev–Trinajstić information content (AvgIpc) is 2.72. The van der Waals surface area contributed by atoms with Crippen LogP contribution in [-0.4, -0.2) is 28.4 Å². The monoisotopic (exact) mass is 425 g/mol. The number of carbonyl (C=O) groups is 1. The second kappa shape index (κ2) is 9.76. The zero-order valence-electron chi connectivity index (χ0n) is 16.2. The second-order valence-electron chi connectivity index (χ2n) is 6.34. The first-order valence-electron chi connectivity index (χ1n) is 9.21. The maximum atomic E-state index is 12.7. The third-order valence-electron chi connectivity index (χ3n) is 4.17. The lowest BCUT2D eigenvalue weighted by molar-refractivity contribution is 0.0953. The predicted octanol–water partition coefficient (Wildman–Crippen LogP) is 3.42. The smallest absolute Gasteiger partial charge is 0.276 e. The van der Waals surface area contributed by atoms with E-state index in [0.29, 0.717) is 22.9 Å². The molecule has 0 spiro atoms. The van der Waals surface area contributed by atoms with Crippen LogP contribution in [0.1, 0.15) is 28.4 Å². The van der Waals surface area contributed by atoms with Crippen molar-refractivity contribution in [2.24, 2.45) is 5.10 Å². The molecule has 7 nitrogen and oxygen atoms in total. The summed E-state index contributed by atoms with van der Waals surface area (Å²) in [6, 6.07) is 14.9. The summed E-state index contributed by atoms with van der Waals surface area (Å²) < 4.78 is 6.74. The Morgan fingerprint density at radius 2 is 2.07 bits per heavy atom. The van der Waals surface area contributed by atoms with Crippen LogP contribution in [0.3, 0.4) is 0 Å². The van der Waals surface area contributed by atoms with Crippen molar-refractivity contribution in [2.75, 3.05) is 6.61 Å². The van der Waals surface area contributed by atoms with E-state index in [0.717, 1.165) is 5.56 Å². The van der Waals surface area contributed by atoms with Gasteiger partial charge in [-0.25, -0.2) is 5.43 Å². The second-order valence-corrected chi connectivity index (χ2v) is 6.78. The van der Waals surface area contributed by atoms with Crippen molar-refractivity contribution in [3.05, 3.63) is 92.9 Å². The minimum absolute atomic E-state index is 0.0163. The average molecular weight is 426 g/mol. The van der Waals surface area contributed by atoms with Crippen LogP contribution >= 0.6 is 11.6 Å². The van der Waals surface area contributed by atoms with Gasteiger partial charge in [-0.05, 0) is 60.5 Å². The molecule has 0 radical (unpaired) electrons. The van der Waals surface area contributed by atoms with E-state index in [9.17, 15) is 14.7 Å². The van der Waals surface area contributed by atoms with E-state index in [-0.39, 0.29) is 17.9 Å². The highest BCUT2D eigenvalue weighted by Crippen LogP contribution is 2.26. The number of amides is 1. The van der Waals surface area contributed by atoms with Crippen LogP contribution in [0.2, 0.25) is 5.02 Å². The van der Waals surface area contributed by atoms with Crippen LogP contribution in [0.4, 0.5) is 0 Å². The van der Waals surface area contributed by atoms with Gasteiger partial charge in [-0.2, -0.15) is 5.10 Å². The molecule has 1 heterocycles. The highest BCUT2D eigenvalue weighted by molar-refractivity contribution is 6.30. The van der Waals surface area contributed by atoms with Crippen LogP contribution in [0, 0.1) is 0 Å². The van der Waals surface area contributed by atoms with E-state index in [2.05, 4.69) is 10.5 Å². The van der Waals surface area contributed by atoms with Crippen LogP contribution < -0.4 is 15.7 Å². The molecule has 3 aromatic rings. The summed E-state index contributed by atoms with van der Waals surface area (Å²) in [6.07, 6.45) is 3.00. The number of pyridine rings is 1. The zero-order valence-corrected chi connectivity index (χ0v) is 17.0. The zero-order chi connectivity index (χ0) is 21.5. The number of halogens is 1. The minimum Gasteiger partial charge on any atom is -0.504 e. The molecule has 0 saturated carbocycles. The van der Waals surface area contributed by atoms with Gasteiger partial charge in [0.1, 0.15) is 5.56 Å². The number of aromatic hydroxyl groups is 1. The van der Waals surface area contributed by atoms with E-state index in [1.165, 1.54) is 22.9 Å². The van der Waals surface area contributed by atoms with E-state index >= 15 is 0 Å². The Balaban J connectivity index is 1.72. The molecular formula is C22H20ClN3O4. The Morgan fingerprint density at radius 3 is 2.83 bits per heavy atom. The number of hydrogen-bond donors (Lipinski definition) is 2. The first-order valence-corrected chi connectivity index (χ1v) is 9.59. The Morgan fingerprint density at radius 1 is 1.23 bits per heavy atom. The van der Waals surface area contributed by atoms with Gasteiger partial charge in [0.15, 0.2) is 11.5 Å². The normalized spacial score (nSPS) is 10.9. The van der Waals surface area contributed by atoms with Gasteiger partial charge in [-0.1, -0.05) is 23.7 Å². The molecule has 0 aliphatic heterocycles. The molecule has 1 aromatic heterocycles. The number of phenols is 1. The number of ether oxygens (including phenoxy) is 1. The Kier molecular flexibility index (Phi) is 6.87. The topological polar surface area (TPSA) is 92.9 Å². The minimum atomic E-state index is -0.625. The van der Waals surface area contributed by atoms with Gasteiger partial charge in [-0.15, -0.1) is 0 Å². The molecule has 2 aromatic carbocycles. The standard InChI is InChI=1S/C22H20ClN3O4/c1-2-30-20-12-15(8-9-19(20)27)13-24-25-21(28)18-7-4-10-26(22(18)29)14-16-5-3-6-17(23)11-16/h3-13,27H,2,14H2,1H3,(H,25,28)/b24-13-. The number of rotatable bonds is 7. The molecule has 8 heteroatoms. The number of hydrogen-bond acceptors (Lipinski definition) is 5. The van der Waals surface area contributed by atoms with Crippen molar-refractivity contribution in [3.8, 4) is 11.5 Å². The number of aromatic nitrogens is 1. The Labute approximate surface area is 178 Å². The van der Waals surface area contributed by atoms with Crippen molar-refractivity contribution in [1.82, 2.24) is 9.99 Å². The summed E-state index contributed by atoms with van der Waals surface area (Å²) in [5.74, 6) is -0.289. The Hall–Kier alpha value is -3.58. The summed E-state index contributed by atoms with van der Waals surface area (Å²) >= 11 is 5.99. The molecule has 3 rings (SSSR count). The van der Waals surface area contributed by atoms with E-state index in [1.54, 1.807) is 49.5 Å². The molecule has 1 amide bonds. The summed E-state index contributed by atoms with van der Waals surface area (Å²) in [5.41, 5.74) is 3.34. The van der Waals surface area contributed by atoms with Crippen molar-refractivity contribution in [1.29, 1.82) is 0 Å². The number of benzene rings is 2.